The lowest BCUT2D eigenvalue weighted by Crippen LogP contribution is -2.14. The van der Waals surface area contributed by atoms with Gasteiger partial charge in [-0.3, -0.25) is 0 Å². The largest absolute Gasteiger partial charge is 0.393 e. The average molecular weight is 132 g/mol. The van der Waals surface area contributed by atoms with Crippen molar-refractivity contribution in [2.24, 2.45) is 5.92 Å². The first kappa shape index (κ1) is 8.92. The lowest BCUT2D eigenvalue weighted by atomic mass is 10.0. The van der Waals surface area contributed by atoms with Crippen LogP contribution in [-0.2, 0) is 4.74 Å². The molecule has 9 heavy (non-hydrogen) atoms. The summed E-state index contributed by atoms with van der Waals surface area (Å²) in [5.74, 6) is 0.352. The zero-order chi connectivity index (χ0) is 7.28. The van der Waals surface area contributed by atoms with Gasteiger partial charge in [0.05, 0.1) is 6.10 Å². The van der Waals surface area contributed by atoms with Crippen LogP contribution in [0.2, 0.25) is 0 Å². The van der Waals surface area contributed by atoms with Crippen molar-refractivity contribution < 1.29 is 9.84 Å². The Morgan fingerprint density at radius 2 is 2.00 bits per heavy atom. The van der Waals surface area contributed by atoms with Crippen molar-refractivity contribution in [2.45, 2.75) is 26.4 Å². The number of ether oxygens (including phenoxy) is 1. The van der Waals surface area contributed by atoms with Crippen LogP contribution in [0.15, 0.2) is 0 Å². The lowest BCUT2D eigenvalue weighted by Gasteiger charge is -2.12. The maximum absolute atomic E-state index is 8.99. The van der Waals surface area contributed by atoms with Gasteiger partial charge in [-0.15, -0.1) is 0 Å². The molecule has 0 bridgehead atoms. The molecule has 0 saturated carbocycles. The van der Waals surface area contributed by atoms with Gasteiger partial charge in [-0.1, -0.05) is 6.92 Å². The second-order valence-corrected chi connectivity index (χ2v) is 2.50. The highest BCUT2D eigenvalue weighted by molar-refractivity contribution is 4.57. The summed E-state index contributed by atoms with van der Waals surface area (Å²) in [5, 5.41) is 8.99. The van der Waals surface area contributed by atoms with Gasteiger partial charge >= 0.3 is 0 Å². The minimum absolute atomic E-state index is 0.208. The van der Waals surface area contributed by atoms with E-state index in [0.717, 1.165) is 13.0 Å². The molecule has 0 aliphatic heterocycles. The summed E-state index contributed by atoms with van der Waals surface area (Å²) in [6, 6.07) is 0. The van der Waals surface area contributed by atoms with Gasteiger partial charge in [-0.25, -0.2) is 0 Å². The number of aliphatic hydroxyl groups is 1. The molecule has 0 amide bonds. The third kappa shape index (κ3) is 4.43. The highest BCUT2D eigenvalue weighted by atomic mass is 16.5. The van der Waals surface area contributed by atoms with E-state index in [1.165, 1.54) is 0 Å². The van der Waals surface area contributed by atoms with E-state index in [9.17, 15) is 0 Å². The monoisotopic (exact) mass is 132 g/mol. The Labute approximate surface area is 56.8 Å². The van der Waals surface area contributed by atoms with E-state index in [4.69, 9.17) is 9.84 Å². The molecule has 0 radical (unpaired) electrons. The Morgan fingerprint density at radius 1 is 1.44 bits per heavy atom. The van der Waals surface area contributed by atoms with Gasteiger partial charge in [0.25, 0.3) is 0 Å². The molecule has 0 aliphatic rings. The molecular formula is C7H16O2. The zero-order valence-corrected chi connectivity index (χ0v) is 6.42. The fourth-order valence-electron chi connectivity index (χ4n) is 0.545. The Bertz CT molecular complexity index is 61.9. The molecule has 0 saturated heterocycles. The summed E-state index contributed by atoms with van der Waals surface area (Å²) in [6.45, 7) is 4.57. The van der Waals surface area contributed by atoms with Gasteiger partial charge in [-0.05, 0) is 19.3 Å². The number of methoxy groups -OCH3 is 1. The zero-order valence-electron chi connectivity index (χ0n) is 6.42. The van der Waals surface area contributed by atoms with Crippen LogP contribution >= 0.6 is 0 Å². The van der Waals surface area contributed by atoms with Crippen molar-refractivity contribution in [2.75, 3.05) is 13.7 Å². The first-order chi connectivity index (χ1) is 4.18. The second-order valence-electron chi connectivity index (χ2n) is 2.50. The highest BCUT2D eigenvalue weighted by Crippen LogP contribution is 2.06. The first-order valence-corrected chi connectivity index (χ1v) is 3.35. The molecule has 0 spiro atoms. The van der Waals surface area contributed by atoms with Crippen molar-refractivity contribution in [1.82, 2.24) is 0 Å². The van der Waals surface area contributed by atoms with Crippen LogP contribution in [0.25, 0.3) is 0 Å². The summed E-state index contributed by atoms with van der Waals surface area (Å²) < 4.78 is 4.85. The van der Waals surface area contributed by atoms with Crippen LogP contribution in [0.1, 0.15) is 20.3 Å². The SMILES string of the molecule is COCCC(C)C(C)O. The minimum Gasteiger partial charge on any atom is -0.393 e. The average Bonchev–Trinajstić information content (AvgIpc) is 1.82. The van der Waals surface area contributed by atoms with Crippen molar-refractivity contribution in [3.8, 4) is 0 Å². The van der Waals surface area contributed by atoms with Gasteiger partial charge in [0.15, 0.2) is 0 Å². The third-order valence-electron chi connectivity index (χ3n) is 1.60. The van der Waals surface area contributed by atoms with Crippen LogP contribution < -0.4 is 0 Å². The normalized spacial score (nSPS) is 17.3. The Kier molecular flexibility index (Phi) is 4.72. The molecule has 0 aliphatic carbocycles. The number of hydrogen-bond donors (Lipinski definition) is 1. The van der Waals surface area contributed by atoms with Crippen molar-refractivity contribution >= 4 is 0 Å². The second kappa shape index (κ2) is 4.77. The molecule has 1 N–H and O–H groups in total. The van der Waals surface area contributed by atoms with E-state index in [1.54, 1.807) is 14.0 Å². The van der Waals surface area contributed by atoms with Gasteiger partial charge < -0.3 is 9.84 Å². The van der Waals surface area contributed by atoms with Crippen molar-refractivity contribution in [3.05, 3.63) is 0 Å². The molecule has 2 heteroatoms. The first-order valence-electron chi connectivity index (χ1n) is 3.35. The maximum Gasteiger partial charge on any atom is 0.0538 e. The highest BCUT2D eigenvalue weighted by Gasteiger charge is 2.06. The molecule has 56 valence electrons. The number of aliphatic hydroxyl groups excluding tert-OH is 1. The fraction of sp³-hybridized carbons (Fsp3) is 1.00. The van der Waals surface area contributed by atoms with Crippen LogP contribution in [0.3, 0.4) is 0 Å². The van der Waals surface area contributed by atoms with Crippen molar-refractivity contribution in [1.29, 1.82) is 0 Å². The Morgan fingerprint density at radius 3 is 2.33 bits per heavy atom. The molecular weight excluding hydrogens is 116 g/mol. The molecule has 0 aromatic heterocycles. The van der Waals surface area contributed by atoms with E-state index in [0.29, 0.717) is 5.92 Å². The standard InChI is InChI=1S/C7H16O2/c1-6(7(2)8)4-5-9-3/h6-8H,4-5H2,1-3H3. The van der Waals surface area contributed by atoms with E-state index < -0.39 is 0 Å². The lowest BCUT2D eigenvalue weighted by molar-refractivity contribution is 0.102. The molecule has 2 atom stereocenters. The molecule has 0 heterocycles. The molecule has 0 aromatic rings. The van der Waals surface area contributed by atoms with E-state index >= 15 is 0 Å². The smallest absolute Gasteiger partial charge is 0.0538 e. The molecule has 0 rings (SSSR count). The van der Waals surface area contributed by atoms with Crippen LogP contribution in [0.5, 0.6) is 0 Å². The Hall–Kier alpha value is -0.0800. The summed E-state index contributed by atoms with van der Waals surface area (Å²) >= 11 is 0. The van der Waals surface area contributed by atoms with Gasteiger partial charge in [0.1, 0.15) is 0 Å². The third-order valence-corrected chi connectivity index (χ3v) is 1.60. The van der Waals surface area contributed by atoms with E-state index in [-0.39, 0.29) is 6.10 Å². The molecule has 0 aromatic carbocycles. The van der Waals surface area contributed by atoms with Crippen LogP contribution in [-0.4, -0.2) is 24.9 Å². The fourth-order valence-corrected chi connectivity index (χ4v) is 0.545. The molecule has 2 nitrogen and oxygen atoms in total. The summed E-state index contributed by atoms with van der Waals surface area (Å²) in [5.41, 5.74) is 0. The predicted molar refractivity (Wildman–Crippen MR) is 37.3 cm³/mol. The molecule has 2 unspecified atom stereocenters. The quantitative estimate of drug-likeness (QED) is 0.619. The molecule has 0 fully saturated rings. The van der Waals surface area contributed by atoms with E-state index in [1.807, 2.05) is 6.92 Å². The summed E-state index contributed by atoms with van der Waals surface area (Å²) in [4.78, 5) is 0. The Balaban J connectivity index is 3.16. The van der Waals surface area contributed by atoms with Gasteiger partial charge in [0, 0.05) is 13.7 Å². The van der Waals surface area contributed by atoms with Gasteiger partial charge in [0.2, 0.25) is 0 Å². The minimum atomic E-state index is -0.208. The summed E-state index contributed by atoms with van der Waals surface area (Å²) in [6.07, 6.45) is 0.730. The van der Waals surface area contributed by atoms with Crippen LogP contribution in [0.4, 0.5) is 0 Å². The van der Waals surface area contributed by atoms with Gasteiger partial charge in [-0.2, -0.15) is 0 Å². The predicted octanol–water partition coefficient (Wildman–Crippen LogP) is 1.04. The topological polar surface area (TPSA) is 29.5 Å². The number of hydrogen-bond acceptors (Lipinski definition) is 2. The van der Waals surface area contributed by atoms with Crippen LogP contribution in [0, 0.1) is 5.92 Å². The van der Waals surface area contributed by atoms with Crippen molar-refractivity contribution in [3.63, 3.8) is 0 Å². The van der Waals surface area contributed by atoms with E-state index in [2.05, 4.69) is 0 Å². The maximum atomic E-state index is 8.99. The number of rotatable bonds is 4. The summed E-state index contributed by atoms with van der Waals surface area (Å²) in [7, 11) is 1.68.